The number of benzene rings is 1. The van der Waals surface area contributed by atoms with Crippen molar-refractivity contribution >= 4 is 0 Å². The molecule has 120 valence electrons. The predicted molar refractivity (Wildman–Crippen MR) is 89.2 cm³/mol. The van der Waals surface area contributed by atoms with E-state index in [1.54, 1.807) is 0 Å². The first kappa shape index (κ1) is 17.8. The Morgan fingerprint density at radius 3 is 2.43 bits per heavy atom. The second-order valence-corrected chi connectivity index (χ2v) is 6.87. The van der Waals surface area contributed by atoms with E-state index in [0.717, 1.165) is 30.0 Å². The van der Waals surface area contributed by atoms with Crippen molar-refractivity contribution in [2.24, 2.45) is 5.41 Å². The van der Waals surface area contributed by atoms with Crippen molar-refractivity contribution in [3.63, 3.8) is 0 Å². The molecule has 0 saturated heterocycles. The van der Waals surface area contributed by atoms with Gasteiger partial charge in [0, 0.05) is 18.2 Å². The molecule has 3 nitrogen and oxygen atoms in total. The highest BCUT2D eigenvalue weighted by Gasteiger charge is 2.14. The van der Waals surface area contributed by atoms with Crippen molar-refractivity contribution in [3.05, 3.63) is 23.8 Å². The smallest absolute Gasteiger partial charge is 0.165 e. The maximum absolute atomic E-state index is 6.06. The maximum atomic E-state index is 6.06. The van der Waals surface area contributed by atoms with E-state index in [9.17, 15) is 0 Å². The van der Waals surface area contributed by atoms with Gasteiger partial charge in [-0.05, 0) is 24.8 Å². The highest BCUT2D eigenvalue weighted by atomic mass is 16.5. The third-order valence-corrected chi connectivity index (χ3v) is 3.16. The van der Waals surface area contributed by atoms with Crippen LogP contribution in [0.15, 0.2) is 18.2 Å². The summed E-state index contributed by atoms with van der Waals surface area (Å²) in [5.41, 5.74) is 1.43. The summed E-state index contributed by atoms with van der Waals surface area (Å²) < 4.78 is 11.8. The fraction of sp³-hybridized carbons (Fsp3) is 0.667. The van der Waals surface area contributed by atoms with Crippen LogP contribution in [0.25, 0.3) is 0 Å². The van der Waals surface area contributed by atoms with Gasteiger partial charge in [0.05, 0.1) is 13.2 Å². The molecule has 0 radical (unpaired) electrons. The molecule has 0 saturated carbocycles. The highest BCUT2D eigenvalue weighted by molar-refractivity contribution is 5.46. The summed E-state index contributed by atoms with van der Waals surface area (Å²) in [6, 6.07) is 6.56. The Labute approximate surface area is 130 Å². The Morgan fingerprint density at radius 2 is 1.86 bits per heavy atom. The SMILES string of the molecule is CCOc1cccc(CNC(C)C)c1OCCC(C)(C)C. The minimum Gasteiger partial charge on any atom is -0.490 e. The van der Waals surface area contributed by atoms with Crippen molar-refractivity contribution in [1.82, 2.24) is 5.32 Å². The Balaban J connectivity index is 2.83. The van der Waals surface area contributed by atoms with Crippen LogP contribution in [0.4, 0.5) is 0 Å². The maximum Gasteiger partial charge on any atom is 0.165 e. The van der Waals surface area contributed by atoms with Crippen molar-refractivity contribution in [3.8, 4) is 11.5 Å². The molecular weight excluding hydrogens is 262 g/mol. The van der Waals surface area contributed by atoms with E-state index in [0.29, 0.717) is 19.3 Å². The van der Waals surface area contributed by atoms with Crippen LogP contribution in [0.5, 0.6) is 11.5 Å². The first-order chi connectivity index (χ1) is 9.83. The minimum absolute atomic E-state index is 0.275. The molecule has 0 aliphatic carbocycles. The van der Waals surface area contributed by atoms with Crippen molar-refractivity contribution < 1.29 is 9.47 Å². The standard InChI is InChI=1S/C18H31NO2/c1-7-20-16-10-8-9-15(13-19-14(2)3)17(16)21-12-11-18(4,5)6/h8-10,14,19H,7,11-13H2,1-6H3. The number of nitrogens with one attached hydrogen (secondary N) is 1. The van der Waals surface area contributed by atoms with Crippen LogP contribution in [0.2, 0.25) is 0 Å². The zero-order valence-corrected chi connectivity index (χ0v) is 14.5. The molecule has 1 aromatic rings. The minimum atomic E-state index is 0.275. The van der Waals surface area contributed by atoms with Crippen LogP contribution >= 0.6 is 0 Å². The lowest BCUT2D eigenvalue weighted by atomic mass is 9.93. The topological polar surface area (TPSA) is 30.5 Å². The van der Waals surface area contributed by atoms with Gasteiger partial charge in [-0.2, -0.15) is 0 Å². The van der Waals surface area contributed by atoms with Gasteiger partial charge in [-0.15, -0.1) is 0 Å². The molecule has 0 unspecified atom stereocenters. The van der Waals surface area contributed by atoms with Gasteiger partial charge >= 0.3 is 0 Å². The largest absolute Gasteiger partial charge is 0.490 e. The van der Waals surface area contributed by atoms with Gasteiger partial charge in [-0.3, -0.25) is 0 Å². The second-order valence-electron chi connectivity index (χ2n) is 6.87. The summed E-state index contributed by atoms with van der Waals surface area (Å²) in [6.45, 7) is 15.1. The summed E-state index contributed by atoms with van der Waals surface area (Å²) in [6.07, 6.45) is 1.02. The Hall–Kier alpha value is -1.22. The van der Waals surface area contributed by atoms with Crippen LogP contribution < -0.4 is 14.8 Å². The summed E-state index contributed by atoms with van der Waals surface area (Å²) in [4.78, 5) is 0. The monoisotopic (exact) mass is 293 g/mol. The zero-order valence-electron chi connectivity index (χ0n) is 14.5. The molecule has 0 aliphatic rings. The van der Waals surface area contributed by atoms with Crippen LogP contribution in [-0.4, -0.2) is 19.3 Å². The summed E-state index contributed by atoms with van der Waals surface area (Å²) in [5, 5.41) is 3.44. The van der Waals surface area contributed by atoms with E-state index in [4.69, 9.17) is 9.47 Å². The fourth-order valence-electron chi connectivity index (χ4n) is 1.91. The highest BCUT2D eigenvalue weighted by Crippen LogP contribution is 2.32. The lowest BCUT2D eigenvalue weighted by molar-refractivity contribution is 0.227. The van der Waals surface area contributed by atoms with Gasteiger partial charge in [0.1, 0.15) is 0 Å². The molecule has 1 aromatic carbocycles. The van der Waals surface area contributed by atoms with E-state index >= 15 is 0 Å². The molecule has 0 bridgehead atoms. The van der Waals surface area contributed by atoms with Gasteiger partial charge in [-0.25, -0.2) is 0 Å². The number of hydrogen-bond acceptors (Lipinski definition) is 3. The van der Waals surface area contributed by atoms with Crippen LogP contribution in [-0.2, 0) is 6.54 Å². The third-order valence-electron chi connectivity index (χ3n) is 3.16. The molecule has 0 spiro atoms. The Kier molecular flexibility index (Phi) is 7.03. The molecular formula is C18H31NO2. The quantitative estimate of drug-likeness (QED) is 0.770. The predicted octanol–water partition coefficient (Wildman–Crippen LogP) is 4.40. The first-order valence-electron chi connectivity index (χ1n) is 7.94. The lowest BCUT2D eigenvalue weighted by Crippen LogP contribution is -2.22. The number of ether oxygens (including phenoxy) is 2. The number of hydrogen-bond donors (Lipinski definition) is 1. The van der Waals surface area contributed by atoms with Gasteiger partial charge in [0.15, 0.2) is 11.5 Å². The summed E-state index contributed by atoms with van der Waals surface area (Å²) >= 11 is 0. The second kappa shape index (κ2) is 8.28. The van der Waals surface area contributed by atoms with Crippen LogP contribution in [0, 0.1) is 5.41 Å². The molecule has 3 heteroatoms. The van der Waals surface area contributed by atoms with E-state index in [2.05, 4.69) is 46.0 Å². The summed E-state index contributed by atoms with van der Waals surface area (Å²) in [5.74, 6) is 1.73. The third kappa shape index (κ3) is 6.85. The average Bonchev–Trinajstić information content (AvgIpc) is 2.37. The average molecular weight is 293 g/mol. The van der Waals surface area contributed by atoms with Crippen LogP contribution in [0.1, 0.15) is 53.5 Å². The van der Waals surface area contributed by atoms with Crippen molar-refractivity contribution in [2.75, 3.05) is 13.2 Å². The molecule has 0 atom stereocenters. The van der Waals surface area contributed by atoms with Gasteiger partial charge < -0.3 is 14.8 Å². The van der Waals surface area contributed by atoms with Crippen LogP contribution in [0.3, 0.4) is 0 Å². The Morgan fingerprint density at radius 1 is 1.14 bits per heavy atom. The van der Waals surface area contributed by atoms with E-state index < -0.39 is 0 Å². The zero-order chi connectivity index (χ0) is 15.9. The molecule has 0 heterocycles. The van der Waals surface area contributed by atoms with Crippen molar-refractivity contribution in [1.29, 1.82) is 0 Å². The van der Waals surface area contributed by atoms with Gasteiger partial charge in [-0.1, -0.05) is 46.8 Å². The van der Waals surface area contributed by atoms with E-state index in [1.165, 1.54) is 0 Å². The fourth-order valence-corrected chi connectivity index (χ4v) is 1.91. The lowest BCUT2D eigenvalue weighted by Gasteiger charge is -2.21. The van der Waals surface area contributed by atoms with Gasteiger partial charge in [0.2, 0.25) is 0 Å². The summed E-state index contributed by atoms with van der Waals surface area (Å²) in [7, 11) is 0. The normalized spacial score (nSPS) is 11.8. The number of para-hydroxylation sites is 1. The van der Waals surface area contributed by atoms with E-state index in [1.807, 2.05) is 19.1 Å². The molecule has 1 N–H and O–H groups in total. The van der Waals surface area contributed by atoms with Gasteiger partial charge in [0.25, 0.3) is 0 Å². The Bertz CT molecular complexity index is 422. The first-order valence-corrected chi connectivity index (χ1v) is 7.94. The van der Waals surface area contributed by atoms with Crippen molar-refractivity contribution in [2.45, 2.75) is 60.5 Å². The molecule has 21 heavy (non-hydrogen) atoms. The molecule has 0 aliphatic heterocycles. The number of rotatable bonds is 8. The molecule has 0 aromatic heterocycles. The molecule has 0 amide bonds. The van der Waals surface area contributed by atoms with E-state index in [-0.39, 0.29) is 5.41 Å². The molecule has 1 rings (SSSR count). The molecule has 0 fully saturated rings.